The number of amides is 1. The van der Waals surface area contributed by atoms with Gasteiger partial charge in [0.15, 0.2) is 5.65 Å². The fraction of sp³-hybridized carbons (Fsp3) is 0.278. The molecule has 146 valence electrons. The van der Waals surface area contributed by atoms with Gasteiger partial charge in [-0.1, -0.05) is 17.7 Å². The van der Waals surface area contributed by atoms with Crippen molar-refractivity contribution in [1.29, 1.82) is 0 Å². The van der Waals surface area contributed by atoms with Crippen LogP contribution in [0.25, 0.3) is 5.65 Å². The minimum Gasteiger partial charge on any atom is -0.337 e. The number of nitrogens with zero attached hydrogens (tertiary/aromatic N) is 4. The van der Waals surface area contributed by atoms with E-state index in [2.05, 4.69) is 14.8 Å². The van der Waals surface area contributed by atoms with E-state index < -0.39 is 10.0 Å². The van der Waals surface area contributed by atoms with Gasteiger partial charge in [-0.05, 0) is 25.1 Å². The minimum atomic E-state index is -3.81. The van der Waals surface area contributed by atoms with Crippen LogP contribution in [0.15, 0.2) is 41.4 Å². The van der Waals surface area contributed by atoms with Crippen molar-refractivity contribution >= 4 is 33.2 Å². The van der Waals surface area contributed by atoms with Crippen molar-refractivity contribution in [3.05, 3.63) is 58.5 Å². The number of carbonyl (C=O) groups excluding carboxylic acids is 1. The molecule has 0 saturated heterocycles. The summed E-state index contributed by atoms with van der Waals surface area (Å²) in [4.78, 5) is 18.6. The summed E-state index contributed by atoms with van der Waals surface area (Å²) < 4.78 is 28.9. The summed E-state index contributed by atoms with van der Waals surface area (Å²) in [6.45, 7) is 2.45. The quantitative estimate of drug-likeness (QED) is 0.692. The van der Waals surface area contributed by atoms with Crippen LogP contribution in [0.5, 0.6) is 0 Å². The lowest BCUT2D eigenvalue weighted by molar-refractivity contribution is -0.130. The van der Waals surface area contributed by atoms with Crippen molar-refractivity contribution in [1.82, 2.24) is 24.2 Å². The summed E-state index contributed by atoms with van der Waals surface area (Å²) in [6.07, 6.45) is 2.38. The highest BCUT2D eigenvalue weighted by Gasteiger charge is 2.25. The van der Waals surface area contributed by atoms with Crippen molar-refractivity contribution in [3.8, 4) is 0 Å². The molecule has 4 rings (SSSR count). The zero-order chi connectivity index (χ0) is 19.9. The summed E-state index contributed by atoms with van der Waals surface area (Å²) in [6, 6.07) is 7.81. The van der Waals surface area contributed by atoms with E-state index in [9.17, 15) is 13.2 Å². The highest BCUT2D eigenvalue weighted by Crippen LogP contribution is 2.20. The number of halogens is 1. The molecule has 0 spiro atoms. The Hall–Kier alpha value is -2.49. The Balaban J connectivity index is 1.46. The van der Waals surface area contributed by atoms with Gasteiger partial charge in [-0.25, -0.2) is 22.6 Å². The zero-order valence-corrected chi connectivity index (χ0v) is 16.7. The monoisotopic (exact) mass is 419 g/mol. The standard InChI is InChI=1S/C18H18ClN5O3S/c1-12-7-17-20-9-13-11-23(6-5-16(13)24(17)22-12)18(25)10-21-28(26,27)15-4-2-3-14(19)8-15/h2-4,7-9,21H,5-6,10-11H2,1H3. The molecule has 1 aliphatic heterocycles. The number of nitrogens with one attached hydrogen (secondary N) is 1. The van der Waals surface area contributed by atoms with Crippen molar-refractivity contribution in [2.75, 3.05) is 13.1 Å². The smallest absolute Gasteiger partial charge is 0.241 e. The number of aromatic nitrogens is 3. The largest absolute Gasteiger partial charge is 0.337 e. The normalized spacial score (nSPS) is 14.3. The molecule has 1 N–H and O–H groups in total. The van der Waals surface area contributed by atoms with Crippen molar-refractivity contribution in [3.63, 3.8) is 0 Å². The third-order valence-electron chi connectivity index (χ3n) is 4.64. The van der Waals surface area contributed by atoms with E-state index in [1.54, 1.807) is 23.2 Å². The van der Waals surface area contributed by atoms with Gasteiger partial charge < -0.3 is 4.90 Å². The molecule has 2 aromatic heterocycles. The Labute approximate surface area is 167 Å². The number of hydrogen-bond acceptors (Lipinski definition) is 5. The van der Waals surface area contributed by atoms with Crippen LogP contribution in [0.1, 0.15) is 17.0 Å². The molecule has 0 aliphatic carbocycles. The molecule has 1 aliphatic rings. The van der Waals surface area contributed by atoms with Crippen LogP contribution in [0.2, 0.25) is 5.02 Å². The van der Waals surface area contributed by atoms with E-state index in [4.69, 9.17) is 11.6 Å². The second kappa shape index (κ2) is 7.16. The topological polar surface area (TPSA) is 96.7 Å². The Morgan fingerprint density at radius 1 is 1.32 bits per heavy atom. The molecule has 0 radical (unpaired) electrons. The lowest BCUT2D eigenvalue weighted by Gasteiger charge is -2.28. The maximum Gasteiger partial charge on any atom is 0.241 e. The molecule has 10 heteroatoms. The number of carbonyl (C=O) groups is 1. The number of sulfonamides is 1. The summed E-state index contributed by atoms with van der Waals surface area (Å²) >= 11 is 5.85. The van der Waals surface area contributed by atoms with E-state index in [1.165, 1.54) is 12.1 Å². The van der Waals surface area contributed by atoms with Gasteiger partial charge in [0.05, 0.1) is 22.8 Å². The SMILES string of the molecule is Cc1cc2ncc3c(n2n1)CCN(C(=O)CNS(=O)(=O)c1cccc(Cl)c1)C3. The highest BCUT2D eigenvalue weighted by atomic mass is 35.5. The number of fused-ring (bicyclic) bond motifs is 3. The highest BCUT2D eigenvalue weighted by molar-refractivity contribution is 7.89. The predicted molar refractivity (Wildman–Crippen MR) is 103 cm³/mol. The van der Waals surface area contributed by atoms with Gasteiger partial charge in [-0.2, -0.15) is 5.10 Å². The van der Waals surface area contributed by atoms with Gasteiger partial charge in [0.1, 0.15) is 0 Å². The van der Waals surface area contributed by atoms with E-state index in [-0.39, 0.29) is 17.3 Å². The summed E-state index contributed by atoms with van der Waals surface area (Å²) in [5.41, 5.74) is 3.61. The molecule has 1 amide bonds. The van der Waals surface area contributed by atoms with E-state index in [0.29, 0.717) is 24.5 Å². The van der Waals surface area contributed by atoms with Crippen LogP contribution >= 0.6 is 11.6 Å². The second-order valence-electron chi connectivity index (χ2n) is 6.63. The third-order valence-corrected chi connectivity index (χ3v) is 6.28. The summed E-state index contributed by atoms with van der Waals surface area (Å²) in [7, 11) is -3.81. The second-order valence-corrected chi connectivity index (χ2v) is 8.84. The van der Waals surface area contributed by atoms with Crippen molar-refractivity contribution in [2.45, 2.75) is 24.8 Å². The third kappa shape index (κ3) is 3.60. The molecule has 0 saturated carbocycles. The van der Waals surface area contributed by atoms with Crippen LogP contribution in [0, 0.1) is 6.92 Å². The zero-order valence-electron chi connectivity index (χ0n) is 15.1. The molecular formula is C18H18ClN5O3S. The molecular weight excluding hydrogens is 402 g/mol. The minimum absolute atomic E-state index is 0.0254. The fourth-order valence-electron chi connectivity index (χ4n) is 3.25. The Morgan fingerprint density at radius 3 is 2.93 bits per heavy atom. The van der Waals surface area contributed by atoms with E-state index >= 15 is 0 Å². The maximum absolute atomic E-state index is 12.6. The molecule has 28 heavy (non-hydrogen) atoms. The number of aryl methyl sites for hydroxylation is 1. The number of rotatable bonds is 4. The molecule has 1 aromatic carbocycles. The first-order chi connectivity index (χ1) is 13.3. The summed E-state index contributed by atoms with van der Waals surface area (Å²) in [5.74, 6) is -0.298. The lowest BCUT2D eigenvalue weighted by atomic mass is 10.1. The fourth-order valence-corrected chi connectivity index (χ4v) is 4.53. The average molecular weight is 420 g/mol. The molecule has 0 atom stereocenters. The Morgan fingerprint density at radius 2 is 2.14 bits per heavy atom. The summed E-state index contributed by atoms with van der Waals surface area (Å²) in [5, 5.41) is 4.77. The molecule has 3 aromatic rings. The number of benzene rings is 1. The van der Waals surface area contributed by atoms with Gasteiger partial charge in [0.2, 0.25) is 15.9 Å². The first-order valence-electron chi connectivity index (χ1n) is 8.69. The van der Waals surface area contributed by atoms with Crippen molar-refractivity contribution in [2.24, 2.45) is 0 Å². The Bertz CT molecular complexity index is 1180. The average Bonchev–Trinajstić information content (AvgIpc) is 3.06. The molecule has 0 bridgehead atoms. The van der Waals surface area contributed by atoms with Gasteiger partial charge in [-0.3, -0.25) is 4.79 Å². The number of hydrogen-bond donors (Lipinski definition) is 1. The first kappa shape index (κ1) is 18.9. The molecule has 8 nitrogen and oxygen atoms in total. The lowest BCUT2D eigenvalue weighted by Crippen LogP contribution is -2.43. The predicted octanol–water partition coefficient (Wildman–Crippen LogP) is 1.55. The first-order valence-corrected chi connectivity index (χ1v) is 10.6. The van der Waals surface area contributed by atoms with Gasteiger partial charge >= 0.3 is 0 Å². The van der Waals surface area contributed by atoms with E-state index in [0.717, 1.165) is 22.6 Å². The molecule has 3 heterocycles. The maximum atomic E-state index is 12.6. The van der Waals surface area contributed by atoms with Crippen LogP contribution in [-0.2, 0) is 27.8 Å². The molecule has 0 fully saturated rings. The van der Waals surface area contributed by atoms with Crippen LogP contribution < -0.4 is 4.72 Å². The van der Waals surface area contributed by atoms with Gasteiger partial charge in [-0.15, -0.1) is 0 Å². The van der Waals surface area contributed by atoms with Gasteiger partial charge in [0.25, 0.3) is 0 Å². The molecule has 0 unspecified atom stereocenters. The van der Waals surface area contributed by atoms with E-state index in [1.807, 2.05) is 17.5 Å². The van der Waals surface area contributed by atoms with Crippen LogP contribution in [-0.4, -0.2) is 46.9 Å². The van der Waals surface area contributed by atoms with Crippen molar-refractivity contribution < 1.29 is 13.2 Å². The van der Waals surface area contributed by atoms with Crippen LogP contribution in [0.4, 0.5) is 0 Å². The van der Waals surface area contributed by atoms with Crippen LogP contribution in [0.3, 0.4) is 0 Å². The Kier molecular flexibility index (Phi) is 4.82. The van der Waals surface area contributed by atoms with Gasteiger partial charge in [0, 0.05) is 42.4 Å².